The van der Waals surface area contributed by atoms with Crippen LogP contribution < -0.4 is 0 Å². The van der Waals surface area contributed by atoms with Crippen LogP contribution in [0.2, 0.25) is 5.02 Å². The highest BCUT2D eigenvalue weighted by Gasteiger charge is 2.61. The molecule has 1 aromatic carbocycles. The molecular weight excluding hydrogens is 329 g/mol. The van der Waals surface area contributed by atoms with Crippen molar-refractivity contribution in [2.75, 3.05) is 0 Å². The second-order valence-corrected chi connectivity index (χ2v) is 6.70. The SMILES string of the molecule is CC=CC1C(C(=O)OCc2c(F)c(F)c(C)c(F)c2Cl)C1(C)C. The molecule has 0 radical (unpaired) electrons. The number of allylic oxidation sites excluding steroid dienone is 2. The summed E-state index contributed by atoms with van der Waals surface area (Å²) in [7, 11) is 0. The van der Waals surface area contributed by atoms with Crippen molar-refractivity contribution < 1.29 is 22.7 Å². The van der Waals surface area contributed by atoms with E-state index in [2.05, 4.69) is 0 Å². The minimum Gasteiger partial charge on any atom is -0.460 e. The van der Waals surface area contributed by atoms with E-state index >= 15 is 0 Å². The van der Waals surface area contributed by atoms with Crippen LogP contribution >= 0.6 is 11.6 Å². The van der Waals surface area contributed by atoms with Crippen LogP contribution in [-0.2, 0) is 16.1 Å². The Hall–Kier alpha value is -1.49. The van der Waals surface area contributed by atoms with Gasteiger partial charge >= 0.3 is 5.97 Å². The van der Waals surface area contributed by atoms with Crippen molar-refractivity contribution in [2.45, 2.75) is 34.3 Å². The number of carbonyl (C=O) groups is 1. The lowest BCUT2D eigenvalue weighted by atomic mass is 10.1. The van der Waals surface area contributed by atoms with Gasteiger partial charge in [-0.25, -0.2) is 13.2 Å². The number of benzene rings is 1. The van der Waals surface area contributed by atoms with Gasteiger partial charge in [0, 0.05) is 11.1 Å². The molecule has 126 valence electrons. The van der Waals surface area contributed by atoms with E-state index in [4.69, 9.17) is 16.3 Å². The Kier molecular flexibility index (Phi) is 4.81. The third-order valence-corrected chi connectivity index (χ3v) is 4.89. The molecule has 0 N–H and O–H groups in total. The minimum absolute atomic E-state index is 0.0341. The van der Waals surface area contributed by atoms with Gasteiger partial charge in [0.25, 0.3) is 0 Å². The van der Waals surface area contributed by atoms with E-state index in [1.165, 1.54) is 0 Å². The van der Waals surface area contributed by atoms with Crippen molar-refractivity contribution in [2.24, 2.45) is 17.3 Å². The van der Waals surface area contributed by atoms with Crippen LogP contribution in [0.4, 0.5) is 13.2 Å². The van der Waals surface area contributed by atoms with Gasteiger partial charge in [0.05, 0.1) is 10.9 Å². The standard InChI is InChI=1S/C17H18ClF3O2/c1-5-6-10-11(17(10,3)4)16(22)23-7-9-12(18)13(19)8(2)14(20)15(9)21/h5-6,10-11H,7H2,1-4H3. The van der Waals surface area contributed by atoms with Gasteiger partial charge in [0.2, 0.25) is 0 Å². The third-order valence-electron chi connectivity index (χ3n) is 4.50. The third kappa shape index (κ3) is 2.99. The van der Waals surface area contributed by atoms with Crippen molar-refractivity contribution >= 4 is 17.6 Å². The molecular formula is C17H18ClF3O2. The van der Waals surface area contributed by atoms with Gasteiger partial charge in [0.1, 0.15) is 12.4 Å². The quantitative estimate of drug-likeness (QED) is 0.437. The molecule has 0 amide bonds. The van der Waals surface area contributed by atoms with Gasteiger partial charge in [-0.1, -0.05) is 37.6 Å². The predicted octanol–water partition coefficient (Wildman–Crippen LogP) is 4.96. The molecule has 0 saturated heterocycles. The smallest absolute Gasteiger partial charge is 0.310 e. The summed E-state index contributed by atoms with van der Waals surface area (Å²) in [5.41, 5.74) is -1.24. The normalized spacial score (nSPS) is 22.4. The molecule has 2 unspecified atom stereocenters. The maximum Gasteiger partial charge on any atom is 0.310 e. The molecule has 1 aliphatic rings. The Morgan fingerprint density at radius 1 is 1.26 bits per heavy atom. The lowest BCUT2D eigenvalue weighted by molar-refractivity contribution is -0.147. The number of hydrogen-bond acceptors (Lipinski definition) is 2. The van der Waals surface area contributed by atoms with E-state index in [0.717, 1.165) is 6.92 Å². The molecule has 1 saturated carbocycles. The second-order valence-electron chi connectivity index (χ2n) is 6.32. The van der Waals surface area contributed by atoms with Crippen LogP contribution in [0.1, 0.15) is 31.9 Å². The van der Waals surface area contributed by atoms with Gasteiger partial charge < -0.3 is 4.74 Å². The largest absolute Gasteiger partial charge is 0.460 e. The van der Waals surface area contributed by atoms with E-state index in [1.807, 2.05) is 32.9 Å². The average molecular weight is 347 g/mol. The average Bonchev–Trinajstić information content (AvgIpc) is 3.04. The first kappa shape index (κ1) is 17.9. The van der Waals surface area contributed by atoms with Crippen LogP contribution in [0.25, 0.3) is 0 Å². The summed E-state index contributed by atoms with van der Waals surface area (Å²) in [5.74, 6) is -4.52. The zero-order chi connectivity index (χ0) is 17.5. The number of ether oxygens (including phenoxy) is 1. The summed E-state index contributed by atoms with van der Waals surface area (Å²) in [4.78, 5) is 12.1. The zero-order valence-corrected chi connectivity index (χ0v) is 14.1. The number of esters is 1. The Morgan fingerprint density at radius 3 is 2.43 bits per heavy atom. The molecule has 1 fully saturated rings. The fraction of sp³-hybridized carbons (Fsp3) is 0.471. The second kappa shape index (κ2) is 6.19. The number of carbonyl (C=O) groups excluding carboxylic acids is 1. The Bertz CT molecular complexity index is 654. The van der Waals surface area contributed by atoms with E-state index in [0.29, 0.717) is 0 Å². The van der Waals surface area contributed by atoms with Crippen molar-refractivity contribution in [3.05, 3.63) is 45.8 Å². The molecule has 1 aromatic rings. The summed E-state index contributed by atoms with van der Waals surface area (Å²) in [5, 5.41) is -0.561. The van der Waals surface area contributed by atoms with E-state index in [1.54, 1.807) is 0 Å². The molecule has 0 bridgehead atoms. The first-order valence-corrected chi connectivity index (χ1v) is 7.63. The summed E-state index contributed by atoms with van der Waals surface area (Å²) >= 11 is 5.70. The van der Waals surface area contributed by atoms with Crippen LogP contribution in [0.5, 0.6) is 0 Å². The lowest BCUT2D eigenvalue weighted by Crippen LogP contribution is -2.13. The monoisotopic (exact) mass is 346 g/mol. The van der Waals surface area contributed by atoms with Gasteiger partial charge in [-0.3, -0.25) is 4.79 Å². The van der Waals surface area contributed by atoms with E-state index in [-0.39, 0.29) is 17.3 Å². The van der Waals surface area contributed by atoms with Crippen LogP contribution in [0.15, 0.2) is 12.2 Å². The van der Waals surface area contributed by atoms with Crippen molar-refractivity contribution in [1.29, 1.82) is 0 Å². The zero-order valence-electron chi connectivity index (χ0n) is 13.3. The van der Waals surface area contributed by atoms with Crippen molar-refractivity contribution in [3.63, 3.8) is 0 Å². The van der Waals surface area contributed by atoms with Crippen LogP contribution in [0, 0.1) is 41.6 Å². The van der Waals surface area contributed by atoms with Crippen molar-refractivity contribution in [1.82, 2.24) is 0 Å². The number of hydrogen-bond donors (Lipinski definition) is 0. The fourth-order valence-electron chi connectivity index (χ4n) is 2.84. The summed E-state index contributed by atoms with van der Waals surface area (Å²) in [6.45, 7) is 6.17. The van der Waals surface area contributed by atoms with Gasteiger partial charge in [-0.2, -0.15) is 0 Å². The Morgan fingerprint density at radius 2 is 1.87 bits per heavy atom. The van der Waals surface area contributed by atoms with Gasteiger partial charge in [-0.05, 0) is 25.2 Å². The molecule has 0 spiro atoms. The number of halogens is 4. The highest BCUT2D eigenvalue weighted by Crippen LogP contribution is 2.59. The Labute approximate surface area is 138 Å². The maximum absolute atomic E-state index is 13.9. The first-order chi connectivity index (χ1) is 10.6. The molecule has 0 aliphatic heterocycles. The van der Waals surface area contributed by atoms with Gasteiger partial charge in [0.15, 0.2) is 11.6 Å². The molecule has 23 heavy (non-hydrogen) atoms. The number of rotatable bonds is 4. The summed E-state index contributed by atoms with van der Waals surface area (Å²) in [6, 6.07) is 0. The summed E-state index contributed by atoms with van der Waals surface area (Å²) in [6.07, 6.45) is 3.76. The maximum atomic E-state index is 13.9. The van der Waals surface area contributed by atoms with Crippen LogP contribution in [-0.4, -0.2) is 5.97 Å². The highest BCUT2D eigenvalue weighted by atomic mass is 35.5. The lowest BCUT2D eigenvalue weighted by Gasteiger charge is -2.11. The molecule has 0 aromatic heterocycles. The van der Waals surface area contributed by atoms with Crippen LogP contribution in [0.3, 0.4) is 0 Å². The topological polar surface area (TPSA) is 26.3 Å². The van der Waals surface area contributed by atoms with Gasteiger partial charge in [-0.15, -0.1) is 0 Å². The molecule has 1 aliphatic carbocycles. The van der Waals surface area contributed by atoms with E-state index < -0.39 is 46.2 Å². The Balaban J connectivity index is 2.15. The molecule has 2 nitrogen and oxygen atoms in total. The van der Waals surface area contributed by atoms with E-state index in [9.17, 15) is 18.0 Å². The summed E-state index contributed by atoms with van der Waals surface area (Å²) < 4.78 is 46.3. The fourth-order valence-corrected chi connectivity index (χ4v) is 3.12. The molecule has 2 rings (SSSR count). The highest BCUT2D eigenvalue weighted by molar-refractivity contribution is 6.31. The van der Waals surface area contributed by atoms with Crippen molar-refractivity contribution in [3.8, 4) is 0 Å². The minimum atomic E-state index is -1.32. The molecule has 2 atom stereocenters. The predicted molar refractivity (Wildman–Crippen MR) is 81.4 cm³/mol. The molecule has 6 heteroatoms. The molecule has 0 heterocycles. The first-order valence-electron chi connectivity index (χ1n) is 7.25.